The molecule has 0 radical (unpaired) electrons. The van der Waals surface area contributed by atoms with Crippen molar-refractivity contribution in [1.82, 2.24) is 9.55 Å². The van der Waals surface area contributed by atoms with Crippen LogP contribution in [0.3, 0.4) is 0 Å². The van der Waals surface area contributed by atoms with Gasteiger partial charge in [-0.05, 0) is 26.0 Å². The summed E-state index contributed by atoms with van der Waals surface area (Å²) >= 11 is 4.43. The third-order valence-corrected chi connectivity index (χ3v) is 6.83. The number of hydrogen-bond donors (Lipinski definition) is 0. The lowest BCUT2D eigenvalue weighted by atomic mass is 10.0. The van der Waals surface area contributed by atoms with E-state index in [-0.39, 0.29) is 5.54 Å². The average Bonchev–Trinajstić information content (AvgIpc) is 2.63. The molecule has 0 amide bonds. The van der Waals surface area contributed by atoms with Crippen LogP contribution in [-0.4, -0.2) is 19.2 Å². The molecule has 84 valence electrons. The molecule has 1 atom stereocenters. The van der Waals surface area contributed by atoms with E-state index in [1.807, 2.05) is 11.8 Å². The second kappa shape index (κ2) is 3.63. The summed E-state index contributed by atoms with van der Waals surface area (Å²) in [6, 6.07) is 8.41. The lowest BCUT2D eigenvalue weighted by molar-refractivity contribution is 0.341. The number of alkyl halides is 1. The van der Waals surface area contributed by atoms with Crippen molar-refractivity contribution in [3.05, 3.63) is 24.3 Å². The van der Waals surface area contributed by atoms with Gasteiger partial charge in [0.2, 0.25) is 0 Å². The van der Waals surface area contributed by atoms with E-state index in [2.05, 4.69) is 65.3 Å². The van der Waals surface area contributed by atoms with Crippen LogP contribution in [0.1, 0.15) is 13.8 Å². The van der Waals surface area contributed by atoms with Crippen molar-refractivity contribution in [1.29, 1.82) is 0 Å². The SMILES string of the molecule is CC1(C)[C@H](I)CSc2nc3ccccc3n21. The number of aromatic nitrogens is 2. The first-order valence-corrected chi connectivity index (χ1v) is 7.58. The van der Waals surface area contributed by atoms with Crippen LogP contribution < -0.4 is 0 Å². The topological polar surface area (TPSA) is 17.8 Å². The van der Waals surface area contributed by atoms with Gasteiger partial charge in [-0.15, -0.1) is 0 Å². The second-order valence-electron chi connectivity index (χ2n) is 4.65. The van der Waals surface area contributed by atoms with Crippen molar-refractivity contribution in [3.8, 4) is 0 Å². The van der Waals surface area contributed by atoms with Crippen molar-refractivity contribution in [3.63, 3.8) is 0 Å². The Morgan fingerprint density at radius 3 is 3.00 bits per heavy atom. The number of benzene rings is 1. The molecule has 0 saturated heterocycles. The molecule has 0 unspecified atom stereocenters. The van der Waals surface area contributed by atoms with E-state index in [0.717, 1.165) is 11.3 Å². The first kappa shape index (κ1) is 10.9. The predicted molar refractivity (Wildman–Crippen MR) is 77.6 cm³/mol. The zero-order valence-corrected chi connectivity index (χ0v) is 12.2. The Balaban J connectivity index is 2.35. The van der Waals surface area contributed by atoms with Crippen LogP contribution in [0.2, 0.25) is 0 Å². The van der Waals surface area contributed by atoms with E-state index in [1.54, 1.807) is 0 Å². The number of para-hydroxylation sites is 2. The highest BCUT2D eigenvalue weighted by Gasteiger charge is 2.36. The molecule has 1 aromatic heterocycles. The van der Waals surface area contributed by atoms with Crippen LogP contribution in [0.15, 0.2) is 29.4 Å². The summed E-state index contributed by atoms with van der Waals surface area (Å²) in [5.74, 6) is 1.15. The molecule has 16 heavy (non-hydrogen) atoms. The molecule has 2 aromatic rings. The van der Waals surface area contributed by atoms with Gasteiger partial charge in [-0.3, -0.25) is 0 Å². The molecule has 2 nitrogen and oxygen atoms in total. The predicted octanol–water partition coefficient (Wildman–Crippen LogP) is 3.68. The Morgan fingerprint density at radius 1 is 1.44 bits per heavy atom. The summed E-state index contributed by atoms with van der Waals surface area (Å²) in [4.78, 5) is 4.71. The normalized spacial score (nSPS) is 23.3. The average molecular weight is 344 g/mol. The Hall–Kier alpha value is -0.230. The zero-order chi connectivity index (χ0) is 11.3. The molecule has 0 N–H and O–H groups in total. The molecule has 0 aliphatic carbocycles. The van der Waals surface area contributed by atoms with Crippen LogP contribution in [0.4, 0.5) is 0 Å². The molecule has 4 heteroatoms. The summed E-state index contributed by atoms with van der Waals surface area (Å²) in [5, 5.41) is 1.17. The summed E-state index contributed by atoms with van der Waals surface area (Å²) in [6.07, 6.45) is 0. The van der Waals surface area contributed by atoms with Crippen molar-refractivity contribution in [2.75, 3.05) is 5.75 Å². The molecule has 3 rings (SSSR count). The Labute approximate surface area is 113 Å². The number of thioether (sulfide) groups is 1. The van der Waals surface area contributed by atoms with Gasteiger partial charge in [-0.25, -0.2) is 4.98 Å². The van der Waals surface area contributed by atoms with E-state index >= 15 is 0 Å². The molecular formula is C12H13IN2S. The van der Waals surface area contributed by atoms with Crippen molar-refractivity contribution >= 4 is 45.4 Å². The molecule has 2 heterocycles. The number of rotatable bonds is 0. The molecule has 1 aromatic carbocycles. The first-order chi connectivity index (χ1) is 7.60. The summed E-state index contributed by atoms with van der Waals surface area (Å²) < 4.78 is 3.04. The smallest absolute Gasteiger partial charge is 0.169 e. The van der Waals surface area contributed by atoms with E-state index < -0.39 is 0 Å². The number of halogens is 1. The Bertz CT molecular complexity index is 547. The van der Waals surface area contributed by atoms with Crippen molar-refractivity contribution in [2.24, 2.45) is 0 Å². The van der Waals surface area contributed by atoms with Crippen LogP contribution in [-0.2, 0) is 5.54 Å². The number of hydrogen-bond acceptors (Lipinski definition) is 2. The standard InChI is InChI=1S/C12H13IN2S/c1-12(2)10(13)7-16-11-14-8-5-3-4-6-9(8)15(11)12/h3-6,10H,7H2,1-2H3/t10-/m1/s1. The zero-order valence-electron chi connectivity index (χ0n) is 9.27. The van der Waals surface area contributed by atoms with E-state index in [9.17, 15) is 0 Å². The first-order valence-electron chi connectivity index (χ1n) is 5.35. The molecule has 0 bridgehead atoms. The monoisotopic (exact) mass is 344 g/mol. The fraction of sp³-hybridized carbons (Fsp3) is 0.417. The molecule has 0 spiro atoms. The third kappa shape index (κ3) is 1.42. The van der Waals surface area contributed by atoms with Gasteiger partial charge in [0.05, 0.1) is 16.6 Å². The largest absolute Gasteiger partial charge is 0.312 e. The van der Waals surface area contributed by atoms with E-state index in [1.165, 1.54) is 10.7 Å². The lowest BCUT2D eigenvalue weighted by Gasteiger charge is -2.37. The molecule has 1 aliphatic heterocycles. The lowest BCUT2D eigenvalue weighted by Crippen LogP contribution is -2.40. The third-order valence-electron chi connectivity index (χ3n) is 3.23. The van der Waals surface area contributed by atoms with E-state index in [0.29, 0.717) is 3.92 Å². The fourth-order valence-corrected chi connectivity index (χ4v) is 4.30. The maximum atomic E-state index is 4.71. The van der Waals surface area contributed by atoms with Crippen LogP contribution in [0.25, 0.3) is 11.0 Å². The minimum Gasteiger partial charge on any atom is -0.312 e. The number of imidazole rings is 1. The van der Waals surface area contributed by atoms with Gasteiger partial charge < -0.3 is 4.57 Å². The minimum absolute atomic E-state index is 0.150. The quantitative estimate of drug-likeness (QED) is 0.536. The highest BCUT2D eigenvalue weighted by molar-refractivity contribution is 14.1. The maximum absolute atomic E-state index is 4.71. The number of nitrogens with zero attached hydrogens (tertiary/aromatic N) is 2. The van der Waals surface area contributed by atoms with Gasteiger partial charge in [-0.2, -0.15) is 0 Å². The highest BCUT2D eigenvalue weighted by atomic mass is 127. The number of fused-ring (bicyclic) bond motifs is 3. The fourth-order valence-electron chi connectivity index (χ4n) is 2.15. The van der Waals surface area contributed by atoms with Gasteiger partial charge in [0.15, 0.2) is 5.16 Å². The van der Waals surface area contributed by atoms with Gasteiger partial charge >= 0.3 is 0 Å². The summed E-state index contributed by atoms with van der Waals surface area (Å²) in [7, 11) is 0. The van der Waals surface area contributed by atoms with Gasteiger partial charge in [0.25, 0.3) is 0 Å². The summed E-state index contributed by atoms with van der Waals surface area (Å²) in [6.45, 7) is 4.61. The van der Waals surface area contributed by atoms with Crippen LogP contribution in [0.5, 0.6) is 0 Å². The van der Waals surface area contributed by atoms with Crippen molar-refractivity contribution < 1.29 is 0 Å². The molecule has 0 saturated carbocycles. The van der Waals surface area contributed by atoms with Gasteiger partial charge in [0, 0.05) is 9.68 Å². The van der Waals surface area contributed by atoms with Gasteiger partial charge in [-0.1, -0.05) is 46.5 Å². The Morgan fingerprint density at radius 2 is 2.19 bits per heavy atom. The Kier molecular flexibility index (Phi) is 2.47. The second-order valence-corrected chi connectivity index (χ2v) is 7.14. The maximum Gasteiger partial charge on any atom is 0.169 e. The van der Waals surface area contributed by atoms with E-state index in [4.69, 9.17) is 4.98 Å². The van der Waals surface area contributed by atoms with Crippen LogP contribution in [0, 0.1) is 0 Å². The molecule has 1 aliphatic rings. The van der Waals surface area contributed by atoms with Crippen LogP contribution >= 0.6 is 34.4 Å². The molecule has 0 fully saturated rings. The highest BCUT2D eigenvalue weighted by Crippen LogP contribution is 2.41. The minimum atomic E-state index is 0.150. The summed E-state index contributed by atoms with van der Waals surface area (Å²) in [5.41, 5.74) is 2.52. The van der Waals surface area contributed by atoms with Crippen molar-refractivity contribution in [2.45, 2.75) is 28.5 Å². The van der Waals surface area contributed by atoms with Gasteiger partial charge in [0.1, 0.15) is 0 Å². The molecular weight excluding hydrogens is 331 g/mol.